The smallest absolute Gasteiger partial charge is 0.167 e. The second-order valence-corrected chi connectivity index (χ2v) is 5.97. The Morgan fingerprint density at radius 1 is 0.577 bits per heavy atom. The zero-order chi connectivity index (χ0) is 17.9. The maximum Gasteiger partial charge on any atom is 0.167 e. The highest BCUT2D eigenvalue weighted by molar-refractivity contribution is 5.66. The first kappa shape index (κ1) is 16.1. The average Bonchev–Trinajstić information content (AvgIpc) is 2.71. The number of aryl methyl sites for hydroxylation is 1. The maximum atomic E-state index is 14.7. The Kier molecular flexibility index (Phi) is 4.23. The molecule has 0 bridgehead atoms. The van der Waals surface area contributed by atoms with E-state index < -0.39 is 0 Å². The van der Waals surface area contributed by atoms with Crippen molar-refractivity contribution in [2.45, 2.75) is 6.92 Å². The molecule has 0 radical (unpaired) electrons. The summed E-state index contributed by atoms with van der Waals surface area (Å²) in [4.78, 5) is 13.7. The van der Waals surface area contributed by atoms with Gasteiger partial charge in [-0.2, -0.15) is 0 Å². The standard InChI is InChI=1S/C22H16FN3/c1-15-9-8-14-18(19(15)23)22-25-20(16-10-4-2-5-11-16)24-21(26-22)17-12-6-3-7-13-17/h2-14H,1H3. The fourth-order valence-corrected chi connectivity index (χ4v) is 2.75. The molecule has 0 spiro atoms. The summed E-state index contributed by atoms with van der Waals surface area (Å²) >= 11 is 0. The lowest BCUT2D eigenvalue weighted by molar-refractivity contribution is 0.620. The molecule has 1 heterocycles. The molecule has 126 valence electrons. The van der Waals surface area contributed by atoms with Crippen LogP contribution in [-0.2, 0) is 0 Å². The van der Waals surface area contributed by atoms with E-state index in [4.69, 9.17) is 0 Å². The number of hydrogen-bond acceptors (Lipinski definition) is 3. The Labute approximate surface area is 151 Å². The molecule has 0 fully saturated rings. The van der Waals surface area contributed by atoms with Gasteiger partial charge in [-0.1, -0.05) is 72.8 Å². The SMILES string of the molecule is Cc1cccc(-c2nc(-c3ccccc3)nc(-c3ccccc3)n2)c1F. The van der Waals surface area contributed by atoms with Crippen LogP contribution in [0.1, 0.15) is 5.56 Å². The van der Waals surface area contributed by atoms with Crippen molar-refractivity contribution in [2.24, 2.45) is 0 Å². The molecule has 0 aliphatic carbocycles. The summed E-state index contributed by atoms with van der Waals surface area (Å²) in [5.74, 6) is 1.07. The molecule has 0 aliphatic heterocycles. The number of halogens is 1. The minimum Gasteiger partial charge on any atom is -0.208 e. The molecular weight excluding hydrogens is 325 g/mol. The third-order valence-corrected chi connectivity index (χ3v) is 4.13. The van der Waals surface area contributed by atoms with Crippen LogP contribution in [0.25, 0.3) is 34.2 Å². The van der Waals surface area contributed by atoms with Crippen molar-refractivity contribution in [1.82, 2.24) is 15.0 Å². The van der Waals surface area contributed by atoms with Gasteiger partial charge in [0.15, 0.2) is 17.5 Å². The van der Waals surface area contributed by atoms with Crippen LogP contribution in [0.2, 0.25) is 0 Å². The number of benzene rings is 3. The zero-order valence-corrected chi connectivity index (χ0v) is 14.2. The molecule has 4 aromatic rings. The summed E-state index contributed by atoms with van der Waals surface area (Å²) < 4.78 is 14.7. The predicted octanol–water partition coefficient (Wildman–Crippen LogP) is 5.32. The van der Waals surface area contributed by atoms with Gasteiger partial charge in [-0.15, -0.1) is 0 Å². The van der Waals surface area contributed by atoms with Gasteiger partial charge in [0.05, 0.1) is 5.56 Å². The molecule has 4 rings (SSSR count). The molecule has 0 N–H and O–H groups in total. The van der Waals surface area contributed by atoms with E-state index in [1.807, 2.05) is 66.7 Å². The molecule has 0 unspecified atom stereocenters. The van der Waals surface area contributed by atoms with Gasteiger partial charge >= 0.3 is 0 Å². The number of hydrogen-bond donors (Lipinski definition) is 0. The molecular formula is C22H16FN3. The first-order valence-corrected chi connectivity index (χ1v) is 8.35. The zero-order valence-electron chi connectivity index (χ0n) is 14.2. The van der Waals surface area contributed by atoms with Crippen LogP contribution in [0, 0.1) is 12.7 Å². The summed E-state index contributed by atoms with van der Waals surface area (Å²) in [5.41, 5.74) is 2.66. The Bertz CT molecular complexity index is 990. The van der Waals surface area contributed by atoms with Gasteiger partial charge in [0.25, 0.3) is 0 Å². The quantitative estimate of drug-likeness (QED) is 0.506. The summed E-state index contributed by atoms with van der Waals surface area (Å²) in [6, 6.07) is 24.5. The Hall–Kier alpha value is -3.40. The summed E-state index contributed by atoms with van der Waals surface area (Å²) in [7, 11) is 0. The molecule has 3 aromatic carbocycles. The largest absolute Gasteiger partial charge is 0.208 e. The molecule has 26 heavy (non-hydrogen) atoms. The van der Waals surface area contributed by atoms with Crippen molar-refractivity contribution in [1.29, 1.82) is 0 Å². The lowest BCUT2D eigenvalue weighted by Gasteiger charge is -2.09. The molecule has 1 aromatic heterocycles. The maximum absolute atomic E-state index is 14.7. The van der Waals surface area contributed by atoms with E-state index in [1.165, 1.54) is 0 Å². The third kappa shape index (κ3) is 3.09. The van der Waals surface area contributed by atoms with Crippen molar-refractivity contribution in [3.63, 3.8) is 0 Å². The molecule has 0 atom stereocenters. The lowest BCUT2D eigenvalue weighted by Crippen LogP contribution is -2.01. The fraction of sp³-hybridized carbons (Fsp3) is 0.0455. The van der Waals surface area contributed by atoms with Gasteiger partial charge in [-0.25, -0.2) is 19.3 Å². The van der Waals surface area contributed by atoms with E-state index in [9.17, 15) is 4.39 Å². The molecule has 4 heteroatoms. The molecule has 0 amide bonds. The number of rotatable bonds is 3. The molecule has 3 nitrogen and oxygen atoms in total. The van der Waals surface area contributed by atoms with Gasteiger partial charge in [0, 0.05) is 11.1 Å². The van der Waals surface area contributed by atoms with E-state index in [-0.39, 0.29) is 5.82 Å². The normalized spacial score (nSPS) is 10.7. The highest BCUT2D eigenvalue weighted by atomic mass is 19.1. The van der Waals surface area contributed by atoms with Crippen LogP contribution in [0.4, 0.5) is 4.39 Å². The van der Waals surface area contributed by atoms with Gasteiger partial charge in [0.2, 0.25) is 0 Å². The molecule has 0 saturated carbocycles. The van der Waals surface area contributed by atoms with Crippen LogP contribution in [0.3, 0.4) is 0 Å². The monoisotopic (exact) mass is 341 g/mol. The van der Waals surface area contributed by atoms with Crippen molar-refractivity contribution in [3.8, 4) is 34.2 Å². The van der Waals surface area contributed by atoms with Crippen molar-refractivity contribution in [3.05, 3.63) is 90.2 Å². The first-order valence-electron chi connectivity index (χ1n) is 8.35. The average molecular weight is 341 g/mol. The van der Waals surface area contributed by atoms with Crippen LogP contribution < -0.4 is 0 Å². The fourth-order valence-electron chi connectivity index (χ4n) is 2.75. The second kappa shape index (κ2) is 6.84. The van der Waals surface area contributed by atoms with E-state index >= 15 is 0 Å². The minimum atomic E-state index is -0.309. The predicted molar refractivity (Wildman–Crippen MR) is 101 cm³/mol. The van der Waals surface area contributed by atoms with E-state index in [2.05, 4.69) is 15.0 Å². The van der Waals surface area contributed by atoms with Crippen LogP contribution >= 0.6 is 0 Å². The van der Waals surface area contributed by atoms with Crippen molar-refractivity contribution < 1.29 is 4.39 Å². The van der Waals surface area contributed by atoms with Gasteiger partial charge in [-0.05, 0) is 18.6 Å². The van der Waals surface area contributed by atoms with Gasteiger partial charge in [0.1, 0.15) is 5.82 Å². The van der Waals surface area contributed by atoms with Crippen LogP contribution in [0.15, 0.2) is 78.9 Å². The van der Waals surface area contributed by atoms with Crippen LogP contribution in [-0.4, -0.2) is 15.0 Å². The van der Waals surface area contributed by atoms with E-state index in [0.717, 1.165) is 11.1 Å². The summed E-state index contributed by atoms with van der Waals surface area (Å²) in [6.07, 6.45) is 0. The summed E-state index contributed by atoms with van der Waals surface area (Å²) in [5, 5.41) is 0. The van der Waals surface area contributed by atoms with Crippen LogP contribution in [0.5, 0.6) is 0 Å². The Morgan fingerprint density at radius 3 is 1.62 bits per heavy atom. The van der Waals surface area contributed by atoms with E-state index in [0.29, 0.717) is 28.6 Å². The molecule has 0 saturated heterocycles. The van der Waals surface area contributed by atoms with E-state index in [1.54, 1.807) is 19.1 Å². The highest BCUT2D eigenvalue weighted by Crippen LogP contribution is 2.26. The second-order valence-electron chi connectivity index (χ2n) is 5.97. The Balaban J connectivity index is 1.95. The Morgan fingerprint density at radius 2 is 1.08 bits per heavy atom. The molecule has 0 aliphatic rings. The topological polar surface area (TPSA) is 38.7 Å². The van der Waals surface area contributed by atoms with Gasteiger partial charge in [-0.3, -0.25) is 0 Å². The van der Waals surface area contributed by atoms with Crippen molar-refractivity contribution in [2.75, 3.05) is 0 Å². The minimum absolute atomic E-state index is 0.309. The van der Waals surface area contributed by atoms with Crippen molar-refractivity contribution >= 4 is 0 Å². The number of aromatic nitrogens is 3. The number of nitrogens with zero attached hydrogens (tertiary/aromatic N) is 3. The first-order chi connectivity index (χ1) is 12.7. The highest BCUT2D eigenvalue weighted by Gasteiger charge is 2.15. The van der Waals surface area contributed by atoms with Gasteiger partial charge < -0.3 is 0 Å². The lowest BCUT2D eigenvalue weighted by atomic mass is 10.1. The summed E-state index contributed by atoms with van der Waals surface area (Å²) in [6.45, 7) is 1.73. The third-order valence-electron chi connectivity index (χ3n) is 4.13.